The van der Waals surface area contributed by atoms with Crippen LogP contribution in [0.25, 0.3) is 0 Å². The second-order valence-electron chi connectivity index (χ2n) is 3.81. The maximum atomic E-state index is 5.52. The fraction of sp³-hybridized carbons (Fsp3) is 0.455. The number of nitrogens with zero attached hydrogens (tertiary/aromatic N) is 1. The van der Waals surface area contributed by atoms with Crippen molar-refractivity contribution in [1.82, 2.24) is 4.98 Å². The molecule has 0 atom stereocenters. The molecular formula is C11H14N2OS. The molecule has 1 aliphatic carbocycles. The summed E-state index contributed by atoms with van der Waals surface area (Å²) < 4.78 is 5.52. The van der Waals surface area contributed by atoms with Crippen LogP contribution in [0.2, 0.25) is 0 Å². The Bertz CT molecular complexity index is 363. The van der Waals surface area contributed by atoms with Crippen LogP contribution < -0.4 is 10.5 Å². The number of rotatable bonds is 5. The third-order valence-corrected chi connectivity index (χ3v) is 2.66. The zero-order chi connectivity index (χ0) is 10.7. The zero-order valence-corrected chi connectivity index (χ0v) is 9.30. The molecule has 0 unspecified atom stereocenters. The lowest BCUT2D eigenvalue weighted by molar-refractivity contribution is 0.291. The summed E-state index contributed by atoms with van der Waals surface area (Å²) in [6, 6.07) is 5.47. The Kier molecular flexibility index (Phi) is 3.16. The van der Waals surface area contributed by atoms with Crippen molar-refractivity contribution in [2.45, 2.75) is 19.3 Å². The van der Waals surface area contributed by atoms with Crippen LogP contribution in [0.3, 0.4) is 0 Å². The van der Waals surface area contributed by atoms with E-state index in [4.69, 9.17) is 22.7 Å². The molecule has 1 aromatic heterocycles. The van der Waals surface area contributed by atoms with Gasteiger partial charge in [-0.1, -0.05) is 31.1 Å². The number of aromatic nitrogens is 1. The van der Waals surface area contributed by atoms with Crippen LogP contribution in [0.15, 0.2) is 18.2 Å². The highest BCUT2D eigenvalue weighted by atomic mass is 32.1. The van der Waals surface area contributed by atoms with Crippen LogP contribution in [0.1, 0.15) is 25.0 Å². The molecule has 80 valence electrons. The molecule has 0 amide bonds. The van der Waals surface area contributed by atoms with Crippen LogP contribution >= 0.6 is 12.2 Å². The van der Waals surface area contributed by atoms with Gasteiger partial charge in [0.15, 0.2) is 0 Å². The average molecular weight is 222 g/mol. The van der Waals surface area contributed by atoms with Crippen molar-refractivity contribution in [3.05, 3.63) is 23.9 Å². The summed E-state index contributed by atoms with van der Waals surface area (Å²) in [7, 11) is 0. The molecule has 0 aromatic carbocycles. The van der Waals surface area contributed by atoms with Gasteiger partial charge in [-0.05, 0) is 18.4 Å². The maximum Gasteiger partial charge on any atom is 0.213 e. The first-order valence-electron chi connectivity index (χ1n) is 5.15. The highest BCUT2D eigenvalue weighted by molar-refractivity contribution is 7.80. The van der Waals surface area contributed by atoms with E-state index < -0.39 is 0 Å². The van der Waals surface area contributed by atoms with Crippen molar-refractivity contribution < 1.29 is 4.74 Å². The predicted molar refractivity (Wildman–Crippen MR) is 63.0 cm³/mol. The molecule has 2 rings (SSSR count). The van der Waals surface area contributed by atoms with Gasteiger partial charge >= 0.3 is 0 Å². The smallest absolute Gasteiger partial charge is 0.213 e. The Morgan fingerprint density at radius 1 is 1.53 bits per heavy atom. The lowest BCUT2D eigenvalue weighted by atomic mass is 10.3. The van der Waals surface area contributed by atoms with Gasteiger partial charge in [0.1, 0.15) is 10.7 Å². The summed E-state index contributed by atoms with van der Waals surface area (Å²) in [5.41, 5.74) is 6.10. The second kappa shape index (κ2) is 4.57. The Labute approximate surface area is 94.6 Å². The maximum absolute atomic E-state index is 5.52. The van der Waals surface area contributed by atoms with Crippen LogP contribution in [-0.2, 0) is 0 Å². The Morgan fingerprint density at radius 3 is 3.00 bits per heavy atom. The Balaban J connectivity index is 1.88. The molecule has 15 heavy (non-hydrogen) atoms. The number of thiocarbonyl (C=S) groups is 1. The first-order chi connectivity index (χ1) is 7.25. The van der Waals surface area contributed by atoms with Gasteiger partial charge in [0.2, 0.25) is 5.88 Å². The lowest BCUT2D eigenvalue weighted by Gasteiger charge is -2.05. The van der Waals surface area contributed by atoms with Crippen molar-refractivity contribution in [1.29, 1.82) is 0 Å². The van der Waals surface area contributed by atoms with Gasteiger partial charge in [-0.15, -0.1) is 0 Å². The van der Waals surface area contributed by atoms with E-state index >= 15 is 0 Å². The Morgan fingerprint density at radius 2 is 2.33 bits per heavy atom. The van der Waals surface area contributed by atoms with E-state index in [9.17, 15) is 0 Å². The Hall–Kier alpha value is -1.16. The summed E-state index contributed by atoms with van der Waals surface area (Å²) in [5, 5.41) is 0. The minimum Gasteiger partial charge on any atom is -0.478 e. The predicted octanol–water partition coefficient (Wildman–Crippen LogP) is 1.89. The first-order valence-corrected chi connectivity index (χ1v) is 5.56. The monoisotopic (exact) mass is 222 g/mol. The summed E-state index contributed by atoms with van der Waals surface area (Å²) in [6.45, 7) is 0.735. The average Bonchev–Trinajstić information content (AvgIpc) is 3.02. The standard InChI is InChI=1S/C11H14N2OS/c12-11(15)9-2-1-3-10(13-9)14-7-6-8-4-5-8/h1-3,8H,4-7H2,(H2,12,15). The normalized spacial score (nSPS) is 14.9. The molecule has 1 aliphatic rings. The van der Waals surface area contributed by atoms with Gasteiger partial charge in [0.05, 0.1) is 6.61 Å². The first kappa shape index (κ1) is 10.4. The van der Waals surface area contributed by atoms with Gasteiger partial charge in [0, 0.05) is 6.07 Å². The van der Waals surface area contributed by atoms with E-state index in [-0.39, 0.29) is 0 Å². The fourth-order valence-corrected chi connectivity index (χ4v) is 1.48. The molecule has 0 saturated heterocycles. The van der Waals surface area contributed by atoms with Crippen molar-refractivity contribution >= 4 is 17.2 Å². The van der Waals surface area contributed by atoms with E-state index in [1.165, 1.54) is 12.8 Å². The van der Waals surface area contributed by atoms with Gasteiger partial charge in [0.25, 0.3) is 0 Å². The molecule has 3 nitrogen and oxygen atoms in total. The van der Waals surface area contributed by atoms with Gasteiger partial charge in [-0.3, -0.25) is 0 Å². The molecule has 1 fully saturated rings. The van der Waals surface area contributed by atoms with Crippen LogP contribution in [0.5, 0.6) is 5.88 Å². The summed E-state index contributed by atoms with van der Waals surface area (Å²) in [5.74, 6) is 1.49. The van der Waals surface area contributed by atoms with Crippen LogP contribution in [0, 0.1) is 5.92 Å². The van der Waals surface area contributed by atoms with E-state index in [1.807, 2.05) is 12.1 Å². The largest absolute Gasteiger partial charge is 0.478 e. The number of ether oxygens (including phenoxy) is 1. The number of hydrogen-bond donors (Lipinski definition) is 1. The molecule has 1 saturated carbocycles. The molecule has 0 spiro atoms. The second-order valence-corrected chi connectivity index (χ2v) is 4.25. The minimum atomic E-state index is 0.308. The van der Waals surface area contributed by atoms with Gasteiger partial charge in [-0.2, -0.15) is 0 Å². The SMILES string of the molecule is NC(=S)c1cccc(OCCC2CC2)n1. The number of pyridine rings is 1. The third kappa shape index (κ3) is 3.16. The van der Waals surface area contributed by atoms with Gasteiger partial charge in [-0.25, -0.2) is 4.98 Å². The van der Waals surface area contributed by atoms with E-state index in [0.29, 0.717) is 16.6 Å². The van der Waals surface area contributed by atoms with Crippen molar-refractivity contribution in [3.8, 4) is 5.88 Å². The molecule has 4 heteroatoms. The quantitative estimate of drug-likeness (QED) is 0.773. The van der Waals surface area contributed by atoms with Crippen molar-refractivity contribution in [2.24, 2.45) is 11.7 Å². The number of hydrogen-bond acceptors (Lipinski definition) is 3. The summed E-state index contributed by atoms with van der Waals surface area (Å²) in [6.07, 6.45) is 3.83. The lowest BCUT2D eigenvalue weighted by Crippen LogP contribution is -2.12. The van der Waals surface area contributed by atoms with Gasteiger partial charge < -0.3 is 10.5 Å². The highest BCUT2D eigenvalue weighted by Crippen LogP contribution is 2.32. The molecule has 1 heterocycles. The molecule has 1 aromatic rings. The fourth-order valence-electron chi connectivity index (χ4n) is 1.37. The summed E-state index contributed by atoms with van der Waals surface area (Å²) in [4.78, 5) is 4.51. The van der Waals surface area contributed by atoms with E-state index in [0.717, 1.165) is 18.9 Å². The molecular weight excluding hydrogens is 208 g/mol. The summed E-state index contributed by atoms with van der Waals surface area (Å²) >= 11 is 4.85. The van der Waals surface area contributed by atoms with Crippen molar-refractivity contribution in [3.63, 3.8) is 0 Å². The number of nitrogens with two attached hydrogens (primary N) is 1. The molecule has 2 N–H and O–H groups in total. The molecule has 0 aliphatic heterocycles. The van der Waals surface area contributed by atoms with Crippen LogP contribution in [-0.4, -0.2) is 16.6 Å². The highest BCUT2D eigenvalue weighted by Gasteiger charge is 2.20. The molecule has 0 bridgehead atoms. The van der Waals surface area contributed by atoms with E-state index in [1.54, 1.807) is 6.07 Å². The minimum absolute atomic E-state index is 0.308. The van der Waals surface area contributed by atoms with Crippen molar-refractivity contribution in [2.75, 3.05) is 6.61 Å². The molecule has 0 radical (unpaired) electrons. The third-order valence-electron chi connectivity index (χ3n) is 2.45. The van der Waals surface area contributed by atoms with E-state index in [2.05, 4.69) is 4.98 Å². The zero-order valence-electron chi connectivity index (χ0n) is 8.48. The van der Waals surface area contributed by atoms with Crippen LogP contribution in [0.4, 0.5) is 0 Å². The topological polar surface area (TPSA) is 48.1 Å².